The monoisotopic (exact) mass is 415 g/mol. The Morgan fingerprint density at radius 1 is 1.13 bits per heavy atom. The van der Waals surface area contributed by atoms with Gasteiger partial charge < -0.3 is 14.7 Å². The number of carbonyl (C=O) groups excluding carboxylic acids is 1. The van der Waals surface area contributed by atoms with Crippen LogP contribution in [0.15, 0.2) is 63.9 Å². The lowest BCUT2D eigenvalue weighted by molar-refractivity contribution is -0.148. The predicted molar refractivity (Wildman–Crippen MR) is 103 cm³/mol. The average molecular weight is 415 g/mol. The lowest BCUT2D eigenvalue weighted by Gasteiger charge is -2.24. The maximum atomic E-state index is 14.7. The highest BCUT2D eigenvalue weighted by atomic mass is 19.1. The number of amides is 1. The van der Waals surface area contributed by atoms with Crippen molar-refractivity contribution >= 4 is 11.9 Å². The van der Waals surface area contributed by atoms with Crippen LogP contribution in [-0.4, -0.2) is 44.9 Å². The molecule has 0 aliphatic heterocycles. The number of hydrogen-bond donors (Lipinski definition) is 4. The van der Waals surface area contributed by atoms with Gasteiger partial charge in [-0.2, -0.15) is 5.16 Å². The minimum atomic E-state index is -1.84. The van der Waals surface area contributed by atoms with Gasteiger partial charge in [0.15, 0.2) is 6.10 Å². The molecule has 1 atom stereocenters. The summed E-state index contributed by atoms with van der Waals surface area (Å²) < 4.78 is 19.4. The molecule has 0 bridgehead atoms. The molecular formula is C20H18FN3O6. The van der Waals surface area contributed by atoms with Gasteiger partial charge in [0.05, 0.1) is 12.6 Å². The number of H-pyrrole nitrogens is 1. The maximum absolute atomic E-state index is 14.7. The van der Waals surface area contributed by atoms with Crippen LogP contribution in [-0.2, 0) is 11.3 Å². The number of carbonyl (C=O) groups is 2. The molecule has 1 unspecified atom stereocenters. The quantitative estimate of drug-likeness (QED) is 0.408. The average Bonchev–Trinajstić information content (AvgIpc) is 3.16. The largest absolute Gasteiger partial charge is 0.479 e. The predicted octanol–water partition coefficient (Wildman–Crippen LogP) is 1.37. The third kappa shape index (κ3) is 5.19. The molecule has 10 heteroatoms. The highest BCUT2D eigenvalue weighted by molar-refractivity contribution is 5.90. The topological polar surface area (TPSA) is 136 Å². The molecule has 2 aromatic carbocycles. The van der Waals surface area contributed by atoms with E-state index in [0.717, 1.165) is 16.6 Å². The SMILES string of the molecule is O=C(NN(Cc1ccc(-c2ccccc2)cc1F)CC(O)C(=O)O)c1cc(=O)[nH]o1. The molecule has 0 radical (unpaired) electrons. The molecule has 156 valence electrons. The van der Waals surface area contributed by atoms with E-state index in [1.807, 2.05) is 35.5 Å². The summed E-state index contributed by atoms with van der Waals surface area (Å²) in [5.41, 5.74) is 3.28. The van der Waals surface area contributed by atoms with Crippen LogP contribution in [0.1, 0.15) is 16.1 Å². The van der Waals surface area contributed by atoms with Crippen molar-refractivity contribution in [3.05, 3.63) is 82.1 Å². The third-order valence-corrected chi connectivity index (χ3v) is 4.21. The minimum absolute atomic E-state index is 0.156. The molecule has 0 spiro atoms. The van der Waals surface area contributed by atoms with Crippen molar-refractivity contribution in [2.75, 3.05) is 6.54 Å². The molecule has 30 heavy (non-hydrogen) atoms. The summed E-state index contributed by atoms with van der Waals surface area (Å²) in [5, 5.41) is 21.6. The standard InChI is InChI=1S/C20H18FN3O6/c21-15-8-13(12-4-2-1-3-5-12)6-7-14(15)10-24(11-16(25)20(28)29)22-19(27)17-9-18(26)23-30-17/h1-9,16,25H,10-11H2,(H,22,27)(H,23,26)(H,28,29). The molecule has 0 aliphatic rings. The van der Waals surface area contributed by atoms with E-state index in [2.05, 4.69) is 9.95 Å². The summed E-state index contributed by atoms with van der Waals surface area (Å²) in [6.07, 6.45) is -1.84. The van der Waals surface area contributed by atoms with Crippen molar-refractivity contribution in [3.63, 3.8) is 0 Å². The van der Waals surface area contributed by atoms with Crippen molar-refractivity contribution in [1.82, 2.24) is 15.6 Å². The first-order valence-electron chi connectivity index (χ1n) is 8.82. The maximum Gasteiger partial charge on any atom is 0.333 e. The van der Waals surface area contributed by atoms with E-state index in [-0.39, 0.29) is 17.9 Å². The Labute approximate surface area is 169 Å². The van der Waals surface area contributed by atoms with E-state index in [1.165, 1.54) is 12.1 Å². The van der Waals surface area contributed by atoms with Gasteiger partial charge in [-0.05, 0) is 17.2 Å². The number of nitrogens with one attached hydrogen (secondary N) is 2. The minimum Gasteiger partial charge on any atom is -0.479 e. The summed E-state index contributed by atoms with van der Waals surface area (Å²) in [7, 11) is 0. The molecule has 1 aromatic heterocycles. The number of nitrogens with zero attached hydrogens (tertiary/aromatic N) is 1. The van der Waals surface area contributed by atoms with Crippen molar-refractivity contribution in [2.24, 2.45) is 0 Å². The molecule has 0 fully saturated rings. The second-order valence-corrected chi connectivity index (χ2v) is 6.42. The Morgan fingerprint density at radius 2 is 1.87 bits per heavy atom. The number of aliphatic hydroxyl groups is 1. The number of aromatic amines is 1. The third-order valence-electron chi connectivity index (χ3n) is 4.21. The summed E-state index contributed by atoms with van der Waals surface area (Å²) in [5.74, 6) is -3.31. The first-order chi connectivity index (χ1) is 14.3. The molecule has 0 saturated carbocycles. The first kappa shape index (κ1) is 21.0. The fraction of sp³-hybridized carbons (Fsp3) is 0.150. The van der Waals surface area contributed by atoms with Crippen molar-refractivity contribution in [1.29, 1.82) is 0 Å². The normalized spacial score (nSPS) is 12.0. The number of aliphatic hydroxyl groups excluding tert-OH is 1. The highest BCUT2D eigenvalue weighted by Crippen LogP contribution is 2.22. The van der Waals surface area contributed by atoms with Crippen LogP contribution >= 0.6 is 0 Å². The Balaban J connectivity index is 1.80. The second-order valence-electron chi connectivity index (χ2n) is 6.42. The van der Waals surface area contributed by atoms with Gasteiger partial charge in [0.25, 0.3) is 5.56 Å². The molecule has 3 aromatic rings. The van der Waals surface area contributed by atoms with Gasteiger partial charge in [-0.15, -0.1) is 0 Å². The summed E-state index contributed by atoms with van der Waals surface area (Å²) in [4.78, 5) is 34.3. The Bertz CT molecular complexity index is 1100. The van der Waals surface area contributed by atoms with Gasteiger partial charge in [0.1, 0.15) is 5.82 Å². The molecule has 1 heterocycles. The van der Waals surface area contributed by atoms with E-state index >= 15 is 0 Å². The van der Waals surface area contributed by atoms with Crippen LogP contribution in [0.2, 0.25) is 0 Å². The van der Waals surface area contributed by atoms with Crippen LogP contribution in [0.3, 0.4) is 0 Å². The summed E-state index contributed by atoms with van der Waals surface area (Å²) >= 11 is 0. The van der Waals surface area contributed by atoms with Gasteiger partial charge in [-0.1, -0.05) is 42.5 Å². The molecule has 9 nitrogen and oxygen atoms in total. The Hall–Kier alpha value is -3.76. The number of hydrogen-bond acceptors (Lipinski definition) is 6. The molecule has 4 N–H and O–H groups in total. The van der Waals surface area contributed by atoms with E-state index in [4.69, 9.17) is 5.11 Å². The van der Waals surface area contributed by atoms with E-state index < -0.39 is 35.9 Å². The van der Waals surface area contributed by atoms with E-state index in [9.17, 15) is 23.9 Å². The molecule has 0 saturated heterocycles. The number of carboxylic acid groups (broad SMARTS) is 1. The fourth-order valence-electron chi connectivity index (χ4n) is 2.72. The number of aromatic nitrogens is 1. The number of aliphatic carboxylic acids is 1. The second kappa shape index (κ2) is 9.16. The zero-order valence-electron chi connectivity index (χ0n) is 15.5. The lowest BCUT2D eigenvalue weighted by Crippen LogP contribution is -2.47. The highest BCUT2D eigenvalue weighted by Gasteiger charge is 2.22. The number of carboxylic acids is 1. The summed E-state index contributed by atoms with van der Waals surface area (Å²) in [6, 6.07) is 14.6. The smallest absolute Gasteiger partial charge is 0.333 e. The number of rotatable bonds is 8. The van der Waals surface area contributed by atoms with Crippen LogP contribution in [0.4, 0.5) is 4.39 Å². The molecule has 3 rings (SSSR count). The Morgan fingerprint density at radius 3 is 2.47 bits per heavy atom. The van der Waals surface area contributed by atoms with Crippen molar-refractivity contribution in [3.8, 4) is 11.1 Å². The van der Waals surface area contributed by atoms with E-state index in [0.29, 0.717) is 5.56 Å². The zero-order valence-corrected chi connectivity index (χ0v) is 15.5. The zero-order chi connectivity index (χ0) is 21.7. The van der Waals surface area contributed by atoms with Gasteiger partial charge in [0.2, 0.25) is 5.76 Å². The van der Waals surface area contributed by atoms with E-state index in [1.54, 1.807) is 6.07 Å². The van der Waals surface area contributed by atoms with Gasteiger partial charge in [-0.25, -0.2) is 14.2 Å². The van der Waals surface area contributed by atoms with Crippen LogP contribution < -0.4 is 11.0 Å². The lowest BCUT2D eigenvalue weighted by atomic mass is 10.0. The number of benzene rings is 2. The van der Waals surface area contributed by atoms with Crippen molar-refractivity contribution < 1.29 is 28.7 Å². The van der Waals surface area contributed by atoms with Crippen LogP contribution in [0, 0.1) is 5.82 Å². The van der Waals surface area contributed by atoms with Crippen LogP contribution in [0.5, 0.6) is 0 Å². The summed E-state index contributed by atoms with van der Waals surface area (Å²) in [6.45, 7) is -0.777. The van der Waals surface area contributed by atoms with Gasteiger partial charge in [0, 0.05) is 12.1 Å². The number of halogens is 1. The Kier molecular flexibility index (Phi) is 6.40. The first-order valence-corrected chi connectivity index (χ1v) is 8.82. The molecule has 1 amide bonds. The fourth-order valence-corrected chi connectivity index (χ4v) is 2.72. The van der Waals surface area contributed by atoms with Gasteiger partial charge in [-0.3, -0.25) is 15.0 Å². The number of hydrazine groups is 1. The van der Waals surface area contributed by atoms with Crippen LogP contribution in [0.25, 0.3) is 11.1 Å². The van der Waals surface area contributed by atoms with Crippen molar-refractivity contribution in [2.45, 2.75) is 12.6 Å². The molecule has 0 aliphatic carbocycles. The molecular weight excluding hydrogens is 397 g/mol. The van der Waals surface area contributed by atoms with Gasteiger partial charge >= 0.3 is 11.9 Å².